The maximum absolute atomic E-state index is 12.8. The second-order valence-corrected chi connectivity index (χ2v) is 6.55. The maximum Gasteiger partial charge on any atom is 0.257 e. The van der Waals surface area contributed by atoms with Crippen LogP contribution in [0.4, 0.5) is 0 Å². The smallest absolute Gasteiger partial charge is 0.257 e. The van der Waals surface area contributed by atoms with E-state index in [2.05, 4.69) is 5.32 Å². The quantitative estimate of drug-likeness (QED) is 0.783. The third-order valence-electron chi connectivity index (χ3n) is 4.34. The van der Waals surface area contributed by atoms with Gasteiger partial charge in [0.2, 0.25) is 0 Å². The van der Waals surface area contributed by atoms with Gasteiger partial charge in [-0.3, -0.25) is 4.79 Å². The summed E-state index contributed by atoms with van der Waals surface area (Å²) in [5, 5.41) is 3.77. The summed E-state index contributed by atoms with van der Waals surface area (Å²) in [6.07, 6.45) is 4.23. The molecular formula is C18H28Cl2N2O2. The first kappa shape index (κ1) is 21.1. The van der Waals surface area contributed by atoms with Gasteiger partial charge in [0.05, 0.1) is 12.2 Å². The molecule has 0 aliphatic carbocycles. The number of carbonyl (C=O) groups is 1. The molecule has 136 valence electrons. The SMILES string of the molecule is CCCOc1ccc(Cl)cc1C(=O)N1CCC(CCNC)CC1.Cl. The molecule has 1 aliphatic heterocycles. The van der Waals surface area contributed by atoms with E-state index in [0.717, 1.165) is 38.9 Å². The lowest BCUT2D eigenvalue weighted by Gasteiger charge is -2.32. The van der Waals surface area contributed by atoms with Crippen molar-refractivity contribution in [2.24, 2.45) is 5.92 Å². The molecule has 1 N–H and O–H groups in total. The molecule has 1 amide bonds. The molecule has 0 aromatic heterocycles. The van der Waals surface area contributed by atoms with Crippen molar-refractivity contribution in [3.8, 4) is 5.75 Å². The zero-order chi connectivity index (χ0) is 16.7. The fourth-order valence-electron chi connectivity index (χ4n) is 2.95. The first-order valence-electron chi connectivity index (χ1n) is 8.52. The highest BCUT2D eigenvalue weighted by Gasteiger charge is 2.25. The molecule has 0 radical (unpaired) electrons. The molecule has 2 rings (SSSR count). The van der Waals surface area contributed by atoms with Crippen LogP contribution in [0.5, 0.6) is 5.75 Å². The molecule has 1 saturated heterocycles. The predicted octanol–water partition coefficient (Wildman–Crippen LogP) is 4.01. The van der Waals surface area contributed by atoms with Crippen LogP contribution >= 0.6 is 24.0 Å². The van der Waals surface area contributed by atoms with Crippen LogP contribution in [0.25, 0.3) is 0 Å². The van der Waals surface area contributed by atoms with Crippen molar-refractivity contribution >= 4 is 29.9 Å². The summed E-state index contributed by atoms with van der Waals surface area (Å²) in [6.45, 7) is 5.32. The summed E-state index contributed by atoms with van der Waals surface area (Å²) in [4.78, 5) is 14.8. The molecule has 1 heterocycles. The minimum atomic E-state index is 0. The van der Waals surface area contributed by atoms with Crippen molar-refractivity contribution in [2.75, 3.05) is 33.3 Å². The summed E-state index contributed by atoms with van der Waals surface area (Å²) < 4.78 is 5.71. The van der Waals surface area contributed by atoms with Crippen molar-refractivity contribution in [1.82, 2.24) is 10.2 Å². The van der Waals surface area contributed by atoms with E-state index in [4.69, 9.17) is 16.3 Å². The van der Waals surface area contributed by atoms with Gasteiger partial charge in [0.15, 0.2) is 0 Å². The number of rotatable bonds is 7. The number of halogens is 2. The maximum atomic E-state index is 12.8. The fourth-order valence-corrected chi connectivity index (χ4v) is 3.12. The number of benzene rings is 1. The Hall–Kier alpha value is -0.970. The number of likely N-dealkylation sites (tertiary alicyclic amines) is 1. The first-order chi connectivity index (χ1) is 11.2. The van der Waals surface area contributed by atoms with E-state index >= 15 is 0 Å². The van der Waals surface area contributed by atoms with Gasteiger partial charge in [-0.2, -0.15) is 0 Å². The van der Waals surface area contributed by atoms with Gasteiger partial charge in [-0.1, -0.05) is 18.5 Å². The summed E-state index contributed by atoms with van der Waals surface area (Å²) in [5.74, 6) is 1.38. The van der Waals surface area contributed by atoms with Crippen LogP contribution in [0.1, 0.15) is 43.0 Å². The number of carbonyl (C=O) groups excluding carboxylic acids is 1. The van der Waals surface area contributed by atoms with Gasteiger partial charge >= 0.3 is 0 Å². The van der Waals surface area contributed by atoms with Gasteiger partial charge in [-0.05, 0) is 63.4 Å². The number of hydrogen-bond donors (Lipinski definition) is 1. The Morgan fingerprint density at radius 2 is 2.08 bits per heavy atom. The van der Waals surface area contributed by atoms with Gasteiger partial charge in [0.1, 0.15) is 5.75 Å². The van der Waals surface area contributed by atoms with Crippen molar-refractivity contribution in [1.29, 1.82) is 0 Å². The van der Waals surface area contributed by atoms with Crippen LogP contribution < -0.4 is 10.1 Å². The van der Waals surface area contributed by atoms with Gasteiger partial charge in [-0.15, -0.1) is 12.4 Å². The Morgan fingerprint density at radius 1 is 1.38 bits per heavy atom. The molecule has 0 bridgehead atoms. The third-order valence-corrected chi connectivity index (χ3v) is 4.57. The minimum Gasteiger partial charge on any atom is -0.493 e. The highest BCUT2D eigenvalue weighted by Crippen LogP contribution is 2.27. The number of ether oxygens (including phenoxy) is 1. The first-order valence-corrected chi connectivity index (χ1v) is 8.89. The lowest BCUT2D eigenvalue weighted by atomic mass is 9.93. The van der Waals surface area contributed by atoms with E-state index < -0.39 is 0 Å². The van der Waals surface area contributed by atoms with Crippen molar-refractivity contribution in [3.05, 3.63) is 28.8 Å². The topological polar surface area (TPSA) is 41.6 Å². The lowest BCUT2D eigenvalue weighted by Crippen LogP contribution is -2.39. The average Bonchev–Trinajstić information content (AvgIpc) is 2.58. The second kappa shape index (κ2) is 10.8. The number of amides is 1. The Balaban J connectivity index is 0.00000288. The van der Waals surface area contributed by atoms with E-state index in [1.165, 1.54) is 6.42 Å². The molecule has 1 aliphatic rings. The lowest BCUT2D eigenvalue weighted by molar-refractivity contribution is 0.0682. The van der Waals surface area contributed by atoms with Crippen molar-refractivity contribution in [3.63, 3.8) is 0 Å². The van der Waals surface area contributed by atoms with E-state index in [1.807, 2.05) is 18.9 Å². The number of hydrogen-bond acceptors (Lipinski definition) is 3. The van der Waals surface area contributed by atoms with Gasteiger partial charge in [-0.25, -0.2) is 0 Å². The zero-order valence-corrected chi connectivity index (χ0v) is 16.1. The normalized spacial score (nSPS) is 15.0. The molecule has 24 heavy (non-hydrogen) atoms. The molecule has 1 aromatic rings. The number of nitrogens with one attached hydrogen (secondary N) is 1. The molecule has 4 nitrogen and oxygen atoms in total. The molecular weight excluding hydrogens is 347 g/mol. The van der Waals surface area contributed by atoms with Crippen molar-refractivity contribution in [2.45, 2.75) is 32.6 Å². The largest absolute Gasteiger partial charge is 0.493 e. The van der Waals surface area contributed by atoms with Crippen LogP contribution in [-0.4, -0.2) is 44.1 Å². The minimum absolute atomic E-state index is 0. The Bertz CT molecular complexity index is 518. The molecule has 0 unspecified atom stereocenters. The molecule has 0 spiro atoms. The highest BCUT2D eigenvalue weighted by molar-refractivity contribution is 6.31. The molecule has 6 heteroatoms. The summed E-state index contributed by atoms with van der Waals surface area (Å²) >= 11 is 6.08. The van der Waals surface area contributed by atoms with Crippen LogP contribution in [0.2, 0.25) is 5.02 Å². The van der Waals surface area contributed by atoms with E-state index in [0.29, 0.717) is 28.9 Å². The Morgan fingerprint density at radius 3 is 2.71 bits per heavy atom. The van der Waals surface area contributed by atoms with Crippen LogP contribution in [0.15, 0.2) is 18.2 Å². The van der Waals surface area contributed by atoms with Crippen LogP contribution in [0.3, 0.4) is 0 Å². The number of piperidine rings is 1. The monoisotopic (exact) mass is 374 g/mol. The Labute approximate surface area is 156 Å². The highest BCUT2D eigenvalue weighted by atomic mass is 35.5. The summed E-state index contributed by atoms with van der Waals surface area (Å²) in [7, 11) is 1.98. The molecule has 0 saturated carbocycles. The zero-order valence-electron chi connectivity index (χ0n) is 14.5. The summed E-state index contributed by atoms with van der Waals surface area (Å²) in [5.41, 5.74) is 0.583. The predicted molar refractivity (Wildman–Crippen MR) is 102 cm³/mol. The second-order valence-electron chi connectivity index (χ2n) is 6.12. The van der Waals surface area contributed by atoms with E-state index in [-0.39, 0.29) is 18.3 Å². The molecule has 1 fully saturated rings. The molecule has 1 aromatic carbocycles. The summed E-state index contributed by atoms with van der Waals surface area (Å²) in [6, 6.07) is 5.29. The van der Waals surface area contributed by atoms with Crippen molar-refractivity contribution < 1.29 is 9.53 Å². The van der Waals surface area contributed by atoms with Gasteiger partial charge in [0.25, 0.3) is 5.91 Å². The Kier molecular flexibility index (Phi) is 9.49. The van der Waals surface area contributed by atoms with E-state index in [9.17, 15) is 4.79 Å². The standard InChI is InChI=1S/C18H27ClN2O2.ClH/c1-3-12-23-17-5-4-15(19)13-16(17)18(22)21-10-7-14(8-11-21)6-9-20-2;/h4-5,13-14,20H,3,6-12H2,1-2H3;1H. The number of nitrogens with zero attached hydrogens (tertiary/aromatic N) is 1. The fraction of sp³-hybridized carbons (Fsp3) is 0.611. The average molecular weight is 375 g/mol. The van der Waals surface area contributed by atoms with Crippen LogP contribution in [-0.2, 0) is 0 Å². The van der Waals surface area contributed by atoms with Gasteiger partial charge in [0, 0.05) is 18.1 Å². The van der Waals surface area contributed by atoms with E-state index in [1.54, 1.807) is 18.2 Å². The molecule has 0 atom stereocenters. The van der Waals surface area contributed by atoms with Crippen LogP contribution in [0, 0.1) is 5.92 Å². The van der Waals surface area contributed by atoms with Gasteiger partial charge < -0.3 is 15.0 Å². The third kappa shape index (κ3) is 5.83.